The van der Waals surface area contributed by atoms with Crippen LogP contribution in [-0.2, 0) is 11.3 Å². The Bertz CT molecular complexity index is 843. The first-order valence-electron chi connectivity index (χ1n) is 11.2. The Balaban J connectivity index is 1.12. The number of thiazole rings is 1. The molecular formula is C24H31N3O2S. The fourth-order valence-electron chi connectivity index (χ4n) is 5.83. The van der Waals surface area contributed by atoms with Gasteiger partial charge in [0.1, 0.15) is 0 Å². The van der Waals surface area contributed by atoms with Crippen molar-refractivity contribution in [1.29, 1.82) is 0 Å². The minimum Gasteiger partial charge on any atom is -0.481 e. The van der Waals surface area contributed by atoms with Gasteiger partial charge >= 0.3 is 5.97 Å². The number of aromatic nitrogens is 1. The molecule has 0 bridgehead atoms. The molecule has 3 aliphatic rings. The summed E-state index contributed by atoms with van der Waals surface area (Å²) in [5.41, 5.74) is 3.20. The quantitative estimate of drug-likeness (QED) is 0.691. The van der Waals surface area contributed by atoms with Crippen molar-refractivity contribution < 1.29 is 9.90 Å². The third kappa shape index (κ3) is 4.32. The number of likely N-dealkylation sites (tertiary alicyclic amines) is 2. The highest BCUT2D eigenvalue weighted by molar-refractivity contribution is 7.09. The van der Waals surface area contributed by atoms with Crippen molar-refractivity contribution in [1.82, 2.24) is 14.8 Å². The van der Waals surface area contributed by atoms with Gasteiger partial charge in [-0.1, -0.05) is 30.3 Å². The minimum atomic E-state index is -0.668. The van der Waals surface area contributed by atoms with Crippen molar-refractivity contribution in [2.45, 2.75) is 50.1 Å². The van der Waals surface area contributed by atoms with Gasteiger partial charge in [-0.15, -0.1) is 11.3 Å². The monoisotopic (exact) mass is 425 g/mol. The molecule has 3 heterocycles. The van der Waals surface area contributed by atoms with E-state index in [9.17, 15) is 9.90 Å². The van der Waals surface area contributed by atoms with Crippen LogP contribution in [0.1, 0.15) is 48.5 Å². The molecule has 5 nitrogen and oxygen atoms in total. The number of carboxylic acids is 1. The summed E-state index contributed by atoms with van der Waals surface area (Å²) in [6.07, 6.45) is 7.31. The summed E-state index contributed by atoms with van der Waals surface area (Å²) >= 11 is 1.68. The maximum atomic E-state index is 11.6. The first kappa shape index (κ1) is 20.2. The average Bonchev–Trinajstić information content (AvgIpc) is 3.29. The Kier molecular flexibility index (Phi) is 5.65. The largest absolute Gasteiger partial charge is 0.481 e. The molecule has 0 amide bonds. The van der Waals surface area contributed by atoms with Crippen LogP contribution in [0.5, 0.6) is 0 Å². The summed E-state index contributed by atoms with van der Waals surface area (Å²) in [5, 5.41) is 9.55. The molecule has 2 aromatic rings. The fourth-order valence-corrected chi connectivity index (χ4v) is 6.47. The first-order chi connectivity index (χ1) is 14.6. The van der Waals surface area contributed by atoms with Crippen LogP contribution in [0.15, 0.2) is 42.0 Å². The van der Waals surface area contributed by atoms with Gasteiger partial charge in [0.2, 0.25) is 0 Å². The van der Waals surface area contributed by atoms with E-state index >= 15 is 0 Å². The van der Waals surface area contributed by atoms with Crippen molar-refractivity contribution in [3.63, 3.8) is 0 Å². The summed E-state index contributed by atoms with van der Waals surface area (Å²) in [6.45, 7) is 4.72. The van der Waals surface area contributed by atoms with E-state index in [-0.39, 0.29) is 12.0 Å². The maximum Gasteiger partial charge on any atom is 0.305 e. The molecule has 160 valence electrons. The number of aliphatic carboxylic acids is 1. The van der Waals surface area contributed by atoms with Crippen LogP contribution < -0.4 is 0 Å². The molecule has 1 aliphatic carbocycles. The van der Waals surface area contributed by atoms with Gasteiger partial charge in [-0.3, -0.25) is 19.6 Å². The van der Waals surface area contributed by atoms with Gasteiger partial charge in [0.25, 0.3) is 0 Å². The van der Waals surface area contributed by atoms with Crippen LogP contribution in [0.3, 0.4) is 0 Å². The number of rotatable bonds is 8. The molecule has 1 unspecified atom stereocenters. The van der Waals surface area contributed by atoms with E-state index in [1.807, 2.05) is 11.7 Å². The van der Waals surface area contributed by atoms with E-state index in [2.05, 4.69) is 45.1 Å². The molecule has 5 rings (SSSR count). The predicted octanol–water partition coefficient (Wildman–Crippen LogP) is 4.08. The first-order valence-corrected chi connectivity index (χ1v) is 12.1. The Hall–Kier alpha value is -1.76. The van der Waals surface area contributed by atoms with Gasteiger partial charge in [-0.2, -0.15) is 0 Å². The standard InChI is InChI=1S/C24H31N3O2S/c28-23(29)12-24(15-26(16-24)14-21-13-25-17-30-21)27-8-6-18(7-9-27)10-20-11-22(20)19-4-2-1-3-5-19/h1-5,13,17-18,20,22H,6-12,14-16H2,(H,28,29)/t20-,22?/m1/s1. The fraction of sp³-hybridized carbons (Fsp3) is 0.583. The summed E-state index contributed by atoms with van der Waals surface area (Å²) in [6, 6.07) is 11.0. The second-order valence-corrected chi connectivity index (χ2v) is 10.6. The molecule has 3 fully saturated rings. The Morgan fingerprint density at radius 1 is 1.20 bits per heavy atom. The average molecular weight is 426 g/mol. The Labute approximate surface area is 182 Å². The topological polar surface area (TPSA) is 56.7 Å². The summed E-state index contributed by atoms with van der Waals surface area (Å²) in [4.78, 5) is 21.9. The normalized spacial score (nSPS) is 26.9. The molecule has 1 aromatic carbocycles. The lowest BCUT2D eigenvalue weighted by atomic mass is 9.80. The molecule has 0 radical (unpaired) electrons. The Morgan fingerprint density at radius 2 is 1.97 bits per heavy atom. The maximum absolute atomic E-state index is 11.6. The van der Waals surface area contributed by atoms with Gasteiger partial charge in [0, 0.05) is 30.7 Å². The smallest absolute Gasteiger partial charge is 0.305 e. The number of carboxylic acid groups (broad SMARTS) is 1. The van der Waals surface area contributed by atoms with E-state index in [1.165, 1.54) is 36.1 Å². The van der Waals surface area contributed by atoms with Crippen molar-refractivity contribution in [2.24, 2.45) is 11.8 Å². The van der Waals surface area contributed by atoms with Crippen LogP contribution in [-0.4, -0.2) is 57.6 Å². The molecule has 6 heteroatoms. The van der Waals surface area contributed by atoms with E-state index < -0.39 is 5.97 Å². The molecule has 1 N–H and O–H groups in total. The van der Waals surface area contributed by atoms with Gasteiger partial charge in [0.15, 0.2) is 0 Å². The Morgan fingerprint density at radius 3 is 2.63 bits per heavy atom. The van der Waals surface area contributed by atoms with Gasteiger partial charge in [-0.05, 0) is 62.1 Å². The van der Waals surface area contributed by atoms with Crippen molar-refractivity contribution in [3.8, 4) is 0 Å². The number of benzene rings is 1. The van der Waals surface area contributed by atoms with Crippen molar-refractivity contribution in [2.75, 3.05) is 26.2 Å². The van der Waals surface area contributed by atoms with Crippen LogP contribution in [0.25, 0.3) is 0 Å². The molecule has 0 spiro atoms. The summed E-state index contributed by atoms with van der Waals surface area (Å²) in [7, 11) is 0. The predicted molar refractivity (Wildman–Crippen MR) is 119 cm³/mol. The second kappa shape index (κ2) is 8.40. The number of carbonyl (C=O) groups is 1. The summed E-state index contributed by atoms with van der Waals surface area (Å²) in [5.74, 6) is 1.76. The van der Waals surface area contributed by atoms with E-state index in [4.69, 9.17) is 0 Å². The van der Waals surface area contributed by atoms with Crippen molar-refractivity contribution in [3.05, 3.63) is 52.5 Å². The lowest BCUT2D eigenvalue weighted by Gasteiger charge is -2.57. The summed E-state index contributed by atoms with van der Waals surface area (Å²) < 4.78 is 0. The zero-order chi connectivity index (χ0) is 20.6. The second-order valence-electron chi connectivity index (χ2n) is 9.59. The molecular weight excluding hydrogens is 394 g/mol. The lowest BCUT2D eigenvalue weighted by molar-refractivity contribution is -0.147. The molecule has 1 saturated carbocycles. The zero-order valence-electron chi connectivity index (χ0n) is 17.4. The molecule has 2 atom stereocenters. The van der Waals surface area contributed by atoms with Gasteiger partial charge in [-0.25, -0.2) is 0 Å². The van der Waals surface area contributed by atoms with Crippen molar-refractivity contribution >= 4 is 17.3 Å². The number of nitrogens with zero attached hydrogens (tertiary/aromatic N) is 3. The SMILES string of the molecule is O=C(O)CC1(N2CCC(C[C@@H]3CC3c3ccccc3)CC2)CN(Cc2cncs2)C1. The highest BCUT2D eigenvalue weighted by atomic mass is 32.1. The number of piperidine rings is 1. The van der Waals surface area contributed by atoms with Crippen LogP contribution in [0, 0.1) is 11.8 Å². The number of hydrogen-bond donors (Lipinski definition) is 1. The minimum absolute atomic E-state index is 0.173. The molecule has 2 saturated heterocycles. The third-order valence-corrected chi connectivity index (χ3v) is 8.22. The molecule has 1 aromatic heterocycles. The van der Waals surface area contributed by atoms with Crippen LogP contribution in [0.4, 0.5) is 0 Å². The van der Waals surface area contributed by atoms with Crippen LogP contribution in [0.2, 0.25) is 0 Å². The molecule has 2 aliphatic heterocycles. The van der Waals surface area contributed by atoms with Crippen LogP contribution >= 0.6 is 11.3 Å². The highest BCUT2D eigenvalue weighted by Gasteiger charge is 2.50. The lowest BCUT2D eigenvalue weighted by Crippen LogP contribution is -2.71. The van der Waals surface area contributed by atoms with Gasteiger partial charge < -0.3 is 5.11 Å². The van der Waals surface area contributed by atoms with Gasteiger partial charge in [0.05, 0.1) is 17.5 Å². The van der Waals surface area contributed by atoms with E-state index in [0.717, 1.165) is 50.5 Å². The zero-order valence-corrected chi connectivity index (χ0v) is 18.3. The van der Waals surface area contributed by atoms with E-state index in [1.54, 1.807) is 11.3 Å². The highest BCUT2D eigenvalue weighted by Crippen LogP contribution is 2.52. The number of hydrogen-bond acceptors (Lipinski definition) is 5. The third-order valence-electron chi connectivity index (χ3n) is 7.45. The van der Waals surface area contributed by atoms with E-state index in [0.29, 0.717) is 0 Å². The molecule has 30 heavy (non-hydrogen) atoms.